The first-order valence-corrected chi connectivity index (χ1v) is 10.9. The van der Waals surface area contributed by atoms with Crippen molar-refractivity contribution in [3.63, 3.8) is 0 Å². The van der Waals surface area contributed by atoms with Gasteiger partial charge in [-0.15, -0.1) is 0 Å². The summed E-state index contributed by atoms with van der Waals surface area (Å²) in [5.74, 6) is 0.585. The SMILES string of the molecule is COc1ccccc1C(CNC(=O)c1cccc(NC(=O)C(C)(C)C)c1)N1CCCC1. The van der Waals surface area contributed by atoms with Crippen molar-refractivity contribution < 1.29 is 14.3 Å². The van der Waals surface area contributed by atoms with E-state index in [4.69, 9.17) is 4.74 Å². The zero-order chi connectivity index (χ0) is 22.4. The number of carbonyl (C=O) groups excluding carboxylic acids is 2. The molecular weight excluding hydrogens is 390 g/mol. The summed E-state index contributed by atoms with van der Waals surface area (Å²) >= 11 is 0. The van der Waals surface area contributed by atoms with E-state index >= 15 is 0 Å². The number of rotatable bonds is 7. The first-order valence-electron chi connectivity index (χ1n) is 10.9. The highest BCUT2D eigenvalue weighted by Crippen LogP contribution is 2.31. The van der Waals surface area contributed by atoms with E-state index < -0.39 is 5.41 Å². The van der Waals surface area contributed by atoms with Crippen molar-refractivity contribution in [2.75, 3.05) is 32.1 Å². The number of carbonyl (C=O) groups is 2. The monoisotopic (exact) mass is 423 g/mol. The van der Waals surface area contributed by atoms with E-state index in [1.54, 1.807) is 31.4 Å². The van der Waals surface area contributed by atoms with E-state index in [1.807, 2.05) is 39.0 Å². The molecule has 1 fully saturated rings. The Morgan fingerprint density at radius 1 is 1.06 bits per heavy atom. The fourth-order valence-corrected chi connectivity index (χ4v) is 3.78. The molecule has 1 atom stereocenters. The summed E-state index contributed by atoms with van der Waals surface area (Å²) in [6, 6.07) is 15.1. The molecule has 6 heteroatoms. The summed E-state index contributed by atoms with van der Waals surface area (Å²) in [5.41, 5.74) is 1.72. The van der Waals surface area contributed by atoms with Gasteiger partial charge >= 0.3 is 0 Å². The predicted molar refractivity (Wildman–Crippen MR) is 123 cm³/mol. The Morgan fingerprint density at radius 3 is 2.45 bits per heavy atom. The smallest absolute Gasteiger partial charge is 0.251 e. The molecule has 1 aliphatic rings. The Bertz CT molecular complexity index is 914. The molecule has 2 N–H and O–H groups in total. The van der Waals surface area contributed by atoms with Gasteiger partial charge in [0.05, 0.1) is 13.2 Å². The Kier molecular flexibility index (Phi) is 7.33. The minimum atomic E-state index is -0.504. The van der Waals surface area contributed by atoms with E-state index in [0.29, 0.717) is 17.8 Å². The number of para-hydroxylation sites is 1. The third kappa shape index (κ3) is 5.85. The lowest BCUT2D eigenvalue weighted by Gasteiger charge is -2.29. The van der Waals surface area contributed by atoms with E-state index in [-0.39, 0.29) is 17.9 Å². The lowest BCUT2D eigenvalue weighted by molar-refractivity contribution is -0.123. The Labute approximate surface area is 185 Å². The maximum Gasteiger partial charge on any atom is 0.251 e. The normalized spacial score (nSPS) is 15.4. The molecular formula is C25H33N3O3. The van der Waals surface area contributed by atoms with Crippen LogP contribution >= 0.6 is 0 Å². The summed E-state index contributed by atoms with van der Waals surface area (Å²) < 4.78 is 5.58. The van der Waals surface area contributed by atoms with Gasteiger partial charge < -0.3 is 15.4 Å². The van der Waals surface area contributed by atoms with Crippen molar-refractivity contribution in [3.05, 3.63) is 59.7 Å². The van der Waals surface area contributed by atoms with Crippen LogP contribution in [0.4, 0.5) is 5.69 Å². The minimum absolute atomic E-state index is 0.0476. The van der Waals surface area contributed by atoms with Gasteiger partial charge in [0.15, 0.2) is 0 Å². The summed E-state index contributed by atoms with van der Waals surface area (Å²) in [4.78, 5) is 27.6. The molecule has 1 unspecified atom stereocenters. The number of hydrogen-bond donors (Lipinski definition) is 2. The molecule has 1 heterocycles. The minimum Gasteiger partial charge on any atom is -0.496 e. The van der Waals surface area contributed by atoms with Crippen molar-refractivity contribution in [1.82, 2.24) is 10.2 Å². The van der Waals surface area contributed by atoms with Gasteiger partial charge in [-0.25, -0.2) is 0 Å². The van der Waals surface area contributed by atoms with Gasteiger partial charge in [0.2, 0.25) is 5.91 Å². The number of likely N-dealkylation sites (tertiary alicyclic amines) is 1. The quantitative estimate of drug-likeness (QED) is 0.699. The highest BCUT2D eigenvalue weighted by molar-refractivity contribution is 5.98. The molecule has 0 spiro atoms. The van der Waals surface area contributed by atoms with E-state index in [0.717, 1.165) is 37.2 Å². The molecule has 6 nitrogen and oxygen atoms in total. The number of nitrogens with one attached hydrogen (secondary N) is 2. The van der Waals surface area contributed by atoms with E-state index in [1.165, 1.54) is 0 Å². The average Bonchev–Trinajstić information content (AvgIpc) is 3.28. The third-order valence-electron chi connectivity index (χ3n) is 5.60. The maximum atomic E-state index is 12.9. The predicted octanol–water partition coefficient (Wildman–Crippen LogP) is 4.25. The van der Waals surface area contributed by atoms with Crippen LogP contribution in [0.5, 0.6) is 5.75 Å². The Morgan fingerprint density at radius 2 is 1.77 bits per heavy atom. The van der Waals surface area contributed by atoms with Crippen LogP contribution in [0.3, 0.4) is 0 Å². The van der Waals surface area contributed by atoms with Crippen LogP contribution in [-0.4, -0.2) is 43.5 Å². The molecule has 31 heavy (non-hydrogen) atoms. The summed E-state index contributed by atoms with van der Waals surface area (Å²) in [7, 11) is 1.68. The second kappa shape index (κ2) is 9.96. The number of amides is 2. The Hall–Kier alpha value is -2.86. The van der Waals surface area contributed by atoms with Gasteiger partial charge in [0, 0.05) is 28.8 Å². The van der Waals surface area contributed by atoms with Crippen molar-refractivity contribution in [1.29, 1.82) is 0 Å². The zero-order valence-corrected chi connectivity index (χ0v) is 18.9. The van der Waals surface area contributed by atoms with Crippen molar-refractivity contribution in [2.45, 2.75) is 39.7 Å². The maximum absolute atomic E-state index is 12.9. The summed E-state index contributed by atoms with van der Waals surface area (Å²) in [5, 5.41) is 5.97. The number of hydrogen-bond acceptors (Lipinski definition) is 4. The molecule has 0 radical (unpaired) electrons. The number of ether oxygens (including phenoxy) is 1. The van der Waals surface area contributed by atoms with Crippen LogP contribution < -0.4 is 15.4 Å². The van der Waals surface area contributed by atoms with Crippen LogP contribution in [-0.2, 0) is 4.79 Å². The topological polar surface area (TPSA) is 70.7 Å². The lowest BCUT2D eigenvalue weighted by atomic mass is 9.95. The molecule has 3 rings (SSSR count). The summed E-state index contributed by atoms with van der Waals surface area (Å²) in [6.45, 7) is 8.07. The highest BCUT2D eigenvalue weighted by atomic mass is 16.5. The highest BCUT2D eigenvalue weighted by Gasteiger charge is 2.26. The average molecular weight is 424 g/mol. The standard InChI is InChI=1S/C25H33N3O3/c1-25(2,3)24(30)27-19-11-9-10-18(16-19)23(29)26-17-21(28-14-7-8-15-28)20-12-5-6-13-22(20)31-4/h5-6,9-13,16,21H,7-8,14-15,17H2,1-4H3,(H,26,29)(H,27,30). The van der Waals surface area contributed by atoms with Gasteiger partial charge in [-0.2, -0.15) is 0 Å². The fourth-order valence-electron chi connectivity index (χ4n) is 3.78. The molecule has 166 valence electrons. The Balaban J connectivity index is 1.73. The zero-order valence-electron chi connectivity index (χ0n) is 18.9. The second-order valence-electron chi connectivity index (χ2n) is 9.00. The van der Waals surface area contributed by atoms with Crippen LogP contribution in [0.15, 0.2) is 48.5 Å². The van der Waals surface area contributed by atoms with Gasteiger partial charge in [0.1, 0.15) is 5.75 Å². The molecule has 2 amide bonds. The number of nitrogens with zero attached hydrogens (tertiary/aromatic N) is 1. The van der Waals surface area contributed by atoms with Crippen LogP contribution in [0.1, 0.15) is 55.6 Å². The number of anilines is 1. The van der Waals surface area contributed by atoms with Crippen molar-refractivity contribution >= 4 is 17.5 Å². The van der Waals surface area contributed by atoms with E-state index in [9.17, 15) is 9.59 Å². The molecule has 0 saturated carbocycles. The molecule has 1 saturated heterocycles. The van der Waals surface area contributed by atoms with Gasteiger partial charge in [-0.1, -0.05) is 45.0 Å². The second-order valence-corrected chi connectivity index (χ2v) is 9.00. The number of methoxy groups -OCH3 is 1. The lowest BCUT2D eigenvalue weighted by Crippen LogP contribution is -2.37. The number of benzene rings is 2. The first-order chi connectivity index (χ1) is 14.8. The largest absolute Gasteiger partial charge is 0.496 e. The van der Waals surface area contributed by atoms with Gasteiger partial charge in [0.25, 0.3) is 5.91 Å². The molecule has 2 aromatic carbocycles. The third-order valence-corrected chi connectivity index (χ3v) is 5.60. The van der Waals surface area contributed by atoms with Crippen LogP contribution in [0, 0.1) is 5.41 Å². The van der Waals surface area contributed by atoms with E-state index in [2.05, 4.69) is 21.6 Å². The molecule has 0 aliphatic carbocycles. The first kappa shape index (κ1) is 22.8. The summed E-state index contributed by atoms with van der Waals surface area (Å²) in [6.07, 6.45) is 2.32. The van der Waals surface area contributed by atoms with Crippen molar-refractivity contribution in [3.8, 4) is 5.75 Å². The fraction of sp³-hybridized carbons (Fsp3) is 0.440. The van der Waals surface area contributed by atoms with Gasteiger partial charge in [-0.05, 0) is 50.2 Å². The van der Waals surface area contributed by atoms with Crippen molar-refractivity contribution in [2.24, 2.45) is 5.41 Å². The molecule has 0 bridgehead atoms. The molecule has 2 aromatic rings. The van der Waals surface area contributed by atoms with Gasteiger partial charge in [-0.3, -0.25) is 14.5 Å². The molecule has 1 aliphatic heterocycles. The van der Waals surface area contributed by atoms with Crippen LogP contribution in [0.2, 0.25) is 0 Å². The molecule has 0 aromatic heterocycles. The van der Waals surface area contributed by atoms with Crippen LogP contribution in [0.25, 0.3) is 0 Å².